The summed E-state index contributed by atoms with van der Waals surface area (Å²) in [4.78, 5) is 21.2. The van der Waals surface area contributed by atoms with Crippen LogP contribution in [0.2, 0.25) is 0 Å². The van der Waals surface area contributed by atoms with Gasteiger partial charge in [-0.15, -0.1) is 0 Å². The number of carbonyl (C=O) groups is 1. The van der Waals surface area contributed by atoms with Gasteiger partial charge in [0.2, 0.25) is 0 Å². The van der Waals surface area contributed by atoms with E-state index in [2.05, 4.69) is 67.8 Å². The maximum atomic E-state index is 11.7. The molecule has 5 unspecified atom stereocenters. The maximum Gasteiger partial charge on any atom is 0.131 e. The predicted molar refractivity (Wildman–Crippen MR) is 137 cm³/mol. The minimum Gasteiger partial charge on any atom is -0.372 e. The van der Waals surface area contributed by atoms with Gasteiger partial charge in [0.15, 0.2) is 0 Å². The van der Waals surface area contributed by atoms with E-state index in [0.717, 1.165) is 73.2 Å². The maximum absolute atomic E-state index is 11.7. The summed E-state index contributed by atoms with van der Waals surface area (Å²) in [6.45, 7) is 8.74. The molecule has 0 bridgehead atoms. The van der Waals surface area contributed by atoms with Gasteiger partial charge < -0.3 is 14.6 Å². The van der Waals surface area contributed by atoms with Gasteiger partial charge in [0.1, 0.15) is 18.0 Å². The molecule has 0 amide bonds. The van der Waals surface area contributed by atoms with Crippen LogP contribution in [0.25, 0.3) is 0 Å². The number of aliphatic imine (C=N–C) groups is 1. The molecule has 4 rings (SSSR count). The molecule has 4 aliphatic rings. The van der Waals surface area contributed by atoms with Crippen LogP contribution in [0.3, 0.4) is 0 Å². The van der Waals surface area contributed by atoms with E-state index in [1.165, 1.54) is 0 Å². The minimum absolute atomic E-state index is 0.0518. The van der Waals surface area contributed by atoms with Crippen LogP contribution in [-0.2, 0) is 4.79 Å². The molecule has 34 heavy (non-hydrogen) atoms. The number of carbonyl (C=O) groups excluding carboxylic acids is 1. The van der Waals surface area contributed by atoms with Crippen LogP contribution in [0.4, 0.5) is 0 Å². The van der Waals surface area contributed by atoms with Gasteiger partial charge in [-0.2, -0.15) is 5.26 Å². The van der Waals surface area contributed by atoms with E-state index in [4.69, 9.17) is 4.99 Å². The predicted octanol–water partition coefficient (Wildman–Crippen LogP) is 5.68. The number of rotatable bonds is 4. The zero-order valence-corrected chi connectivity index (χ0v) is 20.7. The molecular formula is C29H36N4O. The fraction of sp³-hybridized carbons (Fsp3) is 0.483. The summed E-state index contributed by atoms with van der Waals surface area (Å²) in [5.74, 6) is 0.493. The first kappa shape index (κ1) is 24.0. The number of allylic oxidation sites excluding steroid dienone is 7. The Labute approximate surface area is 204 Å². The zero-order chi connectivity index (χ0) is 24.2. The van der Waals surface area contributed by atoms with Crippen molar-refractivity contribution in [3.63, 3.8) is 0 Å². The lowest BCUT2D eigenvalue weighted by Crippen LogP contribution is -2.44. The van der Waals surface area contributed by atoms with Crippen LogP contribution in [0.5, 0.6) is 0 Å². The van der Waals surface area contributed by atoms with E-state index >= 15 is 0 Å². The van der Waals surface area contributed by atoms with Crippen molar-refractivity contribution in [1.29, 1.82) is 5.26 Å². The van der Waals surface area contributed by atoms with Gasteiger partial charge in [-0.3, -0.25) is 0 Å². The molecule has 2 heterocycles. The first-order chi connectivity index (χ1) is 16.4. The first-order valence-corrected chi connectivity index (χ1v) is 12.5. The number of nitriles is 1. The van der Waals surface area contributed by atoms with E-state index in [-0.39, 0.29) is 17.9 Å². The van der Waals surface area contributed by atoms with Crippen molar-refractivity contribution in [1.82, 2.24) is 9.80 Å². The third-order valence-electron chi connectivity index (χ3n) is 7.68. The Morgan fingerprint density at radius 1 is 1.24 bits per heavy atom. The molecule has 1 saturated carbocycles. The fourth-order valence-corrected chi connectivity index (χ4v) is 5.52. The second-order valence-electron chi connectivity index (χ2n) is 10.1. The molecule has 0 saturated heterocycles. The average molecular weight is 457 g/mol. The van der Waals surface area contributed by atoms with E-state index in [1.54, 1.807) is 0 Å². The van der Waals surface area contributed by atoms with E-state index in [0.29, 0.717) is 6.04 Å². The lowest BCUT2D eigenvalue weighted by molar-refractivity contribution is -0.112. The number of nitrogens with zero attached hydrogens (tertiary/aromatic N) is 4. The molecule has 0 aromatic carbocycles. The Balaban J connectivity index is 1.82. The molecule has 2 aliphatic carbocycles. The van der Waals surface area contributed by atoms with Crippen LogP contribution < -0.4 is 0 Å². The highest BCUT2D eigenvalue weighted by Gasteiger charge is 2.34. The highest BCUT2D eigenvalue weighted by molar-refractivity contribution is 5.92. The molecule has 5 heteroatoms. The van der Waals surface area contributed by atoms with Gasteiger partial charge in [0, 0.05) is 42.5 Å². The van der Waals surface area contributed by atoms with Crippen molar-refractivity contribution >= 4 is 12.1 Å². The summed E-state index contributed by atoms with van der Waals surface area (Å²) in [5, 5.41) is 10.4. The third-order valence-corrected chi connectivity index (χ3v) is 7.68. The standard InChI is InChI=1S/C29H36N4O/c1-20-8-5-6-10-24(16-20)27(18-30)29-31-22(3)26-13-12-21(2)32(4)28(26)14-15-33(29)25-11-7-9-23(17-25)19-34/h5-6,8,10,14-16,19-21,23,25,27H,3,7,9,11-13,17H2,1-2,4H3/b15-14-,31-29?. The number of aldehydes is 1. The van der Waals surface area contributed by atoms with E-state index in [9.17, 15) is 10.1 Å². The van der Waals surface area contributed by atoms with Crippen molar-refractivity contribution in [2.75, 3.05) is 7.05 Å². The second kappa shape index (κ2) is 10.4. The van der Waals surface area contributed by atoms with Crippen molar-refractivity contribution in [3.05, 3.63) is 71.8 Å². The molecule has 5 atom stereocenters. The number of hydrogen-bond donors (Lipinski definition) is 0. The number of likely N-dealkylation sites (N-methyl/N-ethyl adjacent to an activating group) is 1. The smallest absolute Gasteiger partial charge is 0.131 e. The van der Waals surface area contributed by atoms with Gasteiger partial charge in [-0.1, -0.05) is 50.3 Å². The van der Waals surface area contributed by atoms with Crippen LogP contribution >= 0.6 is 0 Å². The summed E-state index contributed by atoms with van der Waals surface area (Å²) in [6, 6.07) is 3.12. The zero-order valence-electron chi connectivity index (χ0n) is 20.7. The highest BCUT2D eigenvalue weighted by Crippen LogP contribution is 2.36. The van der Waals surface area contributed by atoms with Crippen molar-refractivity contribution in [2.45, 2.75) is 64.5 Å². The fourth-order valence-electron chi connectivity index (χ4n) is 5.52. The monoisotopic (exact) mass is 456 g/mol. The summed E-state index contributed by atoms with van der Waals surface area (Å²) < 4.78 is 0. The first-order valence-electron chi connectivity index (χ1n) is 12.5. The van der Waals surface area contributed by atoms with Gasteiger partial charge in [-0.25, -0.2) is 4.99 Å². The minimum atomic E-state index is -0.515. The summed E-state index contributed by atoms with van der Waals surface area (Å²) in [5.41, 5.74) is 4.00. The largest absolute Gasteiger partial charge is 0.372 e. The van der Waals surface area contributed by atoms with Crippen LogP contribution in [0.1, 0.15) is 52.4 Å². The molecule has 0 spiro atoms. The Morgan fingerprint density at radius 2 is 2.06 bits per heavy atom. The molecule has 2 aliphatic heterocycles. The molecule has 5 nitrogen and oxygen atoms in total. The quantitative estimate of drug-likeness (QED) is 0.511. The molecular weight excluding hydrogens is 420 g/mol. The average Bonchev–Trinajstić information content (AvgIpc) is 3.05. The second-order valence-corrected chi connectivity index (χ2v) is 10.1. The van der Waals surface area contributed by atoms with Gasteiger partial charge in [0.25, 0.3) is 0 Å². The van der Waals surface area contributed by atoms with Crippen LogP contribution in [-0.4, -0.2) is 41.1 Å². The van der Waals surface area contributed by atoms with Crippen molar-refractivity contribution in [3.8, 4) is 6.07 Å². The Kier molecular flexibility index (Phi) is 7.36. The normalized spacial score (nSPS) is 31.4. The topological polar surface area (TPSA) is 59.7 Å². The molecule has 0 N–H and O–H groups in total. The SMILES string of the molecule is C=C1N=C(C(C#N)C2=CC(C)C=CC=C2)N(C2CCCC(C=O)C2)/C=C\C2=C1CCC(C)N2C. The van der Waals surface area contributed by atoms with Gasteiger partial charge in [0.05, 0.1) is 11.8 Å². The van der Waals surface area contributed by atoms with Crippen molar-refractivity contribution < 1.29 is 4.79 Å². The third kappa shape index (κ3) is 4.87. The molecule has 178 valence electrons. The number of amidine groups is 1. The molecule has 0 aromatic heterocycles. The van der Waals surface area contributed by atoms with E-state index < -0.39 is 5.92 Å². The van der Waals surface area contributed by atoms with Crippen molar-refractivity contribution in [2.24, 2.45) is 22.7 Å². The lowest BCUT2D eigenvalue weighted by atomic mass is 9.84. The summed E-state index contributed by atoms with van der Waals surface area (Å²) in [7, 11) is 2.13. The van der Waals surface area contributed by atoms with Gasteiger partial charge >= 0.3 is 0 Å². The lowest BCUT2D eigenvalue weighted by Gasteiger charge is -2.40. The molecule has 1 fully saturated rings. The van der Waals surface area contributed by atoms with Crippen LogP contribution in [0, 0.1) is 29.1 Å². The summed E-state index contributed by atoms with van der Waals surface area (Å²) >= 11 is 0. The van der Waals surface area contributed by atoms with E-state index in [1.807, 2.05) is 18.2 Å². The molecule has 0 aromatic rings. The number of hydrogen-bond acceptors (Lipinski definition) is 5. The van der Waals surface area contributed by atoms with Crippen LogP contribution in [0.15, 0.2) is 76.8 Å². The summed E-state index contributed by atoms with van der Waals surface area (Å²) in [6.07, 6.45) is 21.4. The molecule has 0 radical (unpaired) electrons. The Hall–Kier alpha value is -3.13. The highest BCUT2D eigenvalue weighted by atomic mass is 16.1. The van der Waals surface area contributed by atoms with Gasteiger partial charge in [-0.05, 0) is 56.6 Å². The Morgan fingerprint density at radius 3 is 2.82 bits per heavy atom. The Bertz CT molecular complexity index is 1050.